The van der Waals surface area contributed by atoms with E-state index in [0.29, 0.717) is 0 Å². The minimum atomic E-state index is 0.725. The molecule has 0 spiro atoms. The van der Waals surface area contributed by atoms with E-state index in [-0.39, 0.29) is 0 Å². The van der Waals surface area contributed by atoms with Crippen molar-refractivity contribution in [2.75, 3.05) is 13.1 Å². The molecule has 1 atom stereocenters. The van der Waals surface area contributed by atoms with Crippen molar-refractivity contribution in [2.24, 2.45) is 5.92 Å². The Hall–Kier alpha value is -1.06. The average molecular weight is 236 g/mol. The van der Waals surface area contributed by atoms with Crippen LogP contribution in [0.3, 0.4) is 0 Å². The highest BCUT2D eigenvalue weighted by Gasteiger charge is 2.17. The summed E-state index contributed by atoms with van der Waals surface area (Å²) in [4.78, 5) is 0. The SMILES string of the molecule is Clc1cccc2c(CC3CCNC3)[nH]nc12. The van der Waals surface area contributed by atoms with Crippen molar-refractivity contribution in [1.82, 2.24) is 15.5 Å². The minimum Gasteiger partial charge on any atom is -0.316 e. The van der Waals surface area contributed by atoms with Crippen LogP contribution in [0.25, 0.3) is 10.9 Å². The van der Waals surface area contributed by atoms with Gasteiger partial charge in [0.1, 0.15) is 5.52 Å². The van der Waals surface area contributed by atoms with Gasteiger partial charge in [-0.1, -0.05) is 23.7 Å². The first-order chi connectivity index (χ1) is 7.84. The van der Waals surface area contributed by atoms with Crippen LogP contribution in [0.4, 0.5) is 0 Å². The first kappa shape index (κ1) is 10.1. The van der Waals surface area contributed by atoms with Gasteiger partial charge in [0.05, 0.1) is 5.02 Å². The molecule has 3 nitrogen and oxygen atoms in total. The molecule has 0 bridgehead atoms. The monoisotopic (exact) mass is 235 g/mol. The van der Waals surface area contributed by atoms with Crippen molar-refractivity contribution in [1.29, 1.82) is 0 Å². The Morgan fingerprint density at radius 3 is 3.19 bits per heavy atom. The summed E-state index contributed by atoms with van der Waals surface area (Å²) in [7, 11) is 0. The number of aromatic amines is 1. The molecule has 1 aromatic carbocycles. The molecule has 1 aliphatic heterocycles. The lowest BCUT2D eigenvalue weighted by atomic mass is 10.0. The molecule has 1 aromatic heterocycles. The third kappa shape index (κ3) is 1.70. The lowest BCUT2D eigenvalue weighted by molar-refractivity contribution is 0.573. The normalized spacial score (nSPS) is 20.7. The van der Waals surface area contributed by atoms with Crippen LogP contribution in [-0.4, -0.2) is 23.3 Å². The first-order valence-corrected chi connectivity index (χ1v) is 6.04. The number of para-hydroxylation sites is 1. The second-order valence-electron chi connectivity index (χ2n) is 4.40. The van der Waals surface area contributed by atoms with Crippen LogP contribution in [0.1, 0.15) is 12.1 Å². The van der Waals surface area contributed by atoms with Crippen LogP contribution in [0.15, 0.2) is 18.2 Å². The molecule has 2 N–H and O–H groups in total. The summed E-state index contributed by atoms with van der Waals surface area (Å²) < 4.78 is 0. The van der Waals surface area contributed by atoms with E-state index in [2.05, 4.69) is 21.6 Å². The summed E-state index contributed by atoms with van der Waals surface area (Å²) in [5.41, 5.74) is 2.11. The second kappa shape index (κ2) is 4.07. The standard InChI is InChI=1S/C12H14ClN3/c13-10-3-1-2-9-11(15-16-12(9)10)6-8-4-5-14-7-8/h1-3,8,14H,4-7H2,(H,15,16). The third-order valence-corrected chi connectivity index (χ3v) is 3.57. The van der Waals surface area contributed by atoms with Crippen LogP contribution >= 0.6 is 11.6 Å². The third-order valence-electron chi connectivity index (χ3n) is 3.27. The number of fused-ring (bicyclic) bond motifs is 1. The quantitative estimate of drug-likeness (QED) is 0.839. The number of nitrogens with one attached hydrogen (secondary N) is 2. The smallest absolute Gasteiger partial charge is 0.111 e. The fraction of sp³-hybridized carbons (Fsp3) is 0.417. The largest absolute Gasteiger partial charge is 0.316 e. The number of aromatic nitrogens is 2. The second-order valence-corrected chi connectivity index (χ2v) is 4.81. The van der Waals surface area contributed by atoms with Crippen molar-refractivity contribution in [2.45, 2.75) is 12.8 Å². The van der Waals surface area contributed by atoms with Gasteiger partial charge < -0.3 is 5.32 Å². The maximum Gasteiger partial charge on any atom is 0.111 e. The van der Waals surface area contributed by atoms with Crippen LogP contribution in [0.2, 0.25) is 5.02 Å². The Labute approximate surface area is 99.2 Å². The summed E-state index contributed by atoms with van der Waals surface area (Å²) in [5.74, 6) is 0.725. The van der Waals surface area contributed by atoms with E-state index in [0.717, 1.165) is 36.0 Å². The Morgan fingerprint density at radius 2 is 2.38 bits per heavy atom. The van der Waals surface area contributed by atoms with Crippen LogP contribution in [0.5, 0.6) is 0 Å². The van der Waals surface area contributed by atoms with E-state index >= 15 is 0 Å². The van der Waals surface area contributed by atoms with Gasteiger partial charge in [-0.3, -0.25) is 5.10 Å². The molecular weight excluding hydrogens is 222 g/mol. The predicted octanol–water partition coefficient (Wildman–Crippen LogP) is 2.37. The summed E-state index contributed by atoms with van der Waals surface area (Å²) >= 11 is 6.09. The fourth-order valence-corrected chi connectivity index (χ4v) is 2.61. The maximum atomic E-state index is 6.09. The van der Waals surface area contributed by atoms with Gasteiger partial charge in [0.2, 0.25) is 0 Å². The van der Waals surface area contributed by atoms with Crippen LogP contribution in [0, 0.1) is 5.92 Å². The van der Waals surface area contributed by atoms with Crippen molar-refractivity contribution < 1.29 is 0 Å². The summed E-state index contributed by atoms with van der Waals surface area (Å²) in [6.45, 7) is 2.25. The van der Waals surface area contributed by atoms with E-state index in [1.165, 1.54) is 17.5 Å². The number of H-pyrrole nitrogens is 1. The summed E-state index contributed by atoms with van der Waals surface area (Å²) in [5, 5.41) is 12.7. The van der Waals surface area contributed by atoms with E-state index in [9.17, 15) is 0 Å². The van der Waals surface area contributed by atoms with Crippen LogP contribution < -0.4 is 5.32 Å². The number of benzene rings is 1. The van der Waals surface area contributed by atoms with Gasteiger partial charge in [0.25, 0.3) is 0 Å². The molecule has 84 valence electrons. The van der Waals surface area contributed by atoms with Gasteiger partial charge in [0, 0.05) is 11.1 Å². The van der Waals surface area contributed by atoms with Crippen molar-refractivity contribution in [3.63, 3.8) is 0 Å². The molecule has 2 heterocycles. The zero-order valence-electron chi connectivity index (χ0n) is 8.96. The molecule has 2 aromatic rings. The summed E-state index contributed by atoms with van der Waals surface area (Å²) in [6, 6.07) is 5.95. The van der Waals surface area contributed by atoms with Crippen molar-refractivity contribution in [3.8, 4) is 0 Å². The Bertz CT molecular complexity index is 500. The molecule has 0 aliphatic carbocycles. The Balaban J connectivity index is 1.94. The van der Waals surface area contributed by atoms with Gasteiger partial charge in [-0.05, 0) is 37.9 Å². The highest BCUT2D eigenvalue weighted by atomic mass is 35.5. The Kier molecular flexibility index (Phi) is 2.58. The van der Waals surface area contributed by atoms with Crippen molar-refractivity contribution in [3.05, 3.63) is 28.9 Å². The molecule has 1 aliphatic rings. The van der Waals surface area contributed by atoms with Gasteiger partial charge in [0.15, 0.2) is 0 Å². The van der Waals surface area contributed by atoms with Crippen molar-refractivity contribution >= 4 is 22.5 Å². The fourth-order valence-electron chi connectivity index (χ4n) is 2.39. The number of nitrogens with zero attached hydrogens (tertiary/aromatic N) is 1. The Morgan fingerprint density at radius 1 is 1.44 bits per heavy atom. The van der Waals surface area contributed by atoms with E-state index in [4.69, 9.17) is 11.6 Å². The molecule has 4 heteroatoms. The van der Waals surface area contributed by atoms with Crippen LogP contribution in [-0.2, 0) is 6.42 Å². The van der Waals surface area contributed by atoms with E-state index in [1.807, 2.05) is 12.1 Å². The first-order valence-electron chi connectivity index (χ1n) is 5.67. The van der Waals surface area contributed by atoms with E-state index in [1.54, 1.807) is 0 Å². The minimum absolute atomic E-state index is 0.725. The van der Waals surface area contributed by atoms with Gasteiger partial charge in [-0.2, -0.15) is 5.10 Å². The molecule has 1 saturated heterocycles. The molecular formula is C12H14ClN3. The molecule has 0 saturated carbocycles. The molecule has 16 heavy (non-hydrogen) atoms. The number of hydrogen-bond acceptors (Lipinski definition) is 2. The van der Waals surface area contributed by atoms with Gasteiger partial charge >= 0.3 is 0 Å². The molecule has 1 fully saturated rings. The maximum absolute atomic E-state index is 6.09. The molecule has 0 radical (unpaired) electrons. The molecule has 3 rings (SSSR count). The van der Waals surface area contributed by atoms with Gasteiger partial charge in [-0.15, -0.1) is 0 Å². The zero-order valence-corrected chi connectivity index (χ0v) is 9.72. The average Bonchev–Trinajstić information content (AvgIpc) is 2.90. The molecule has 1 unspecified atom stereocenters. The highest BCUT2D eigenvalue weighted by Crippen LogP contribution is 2.25. The molecule has 0 amide bonds. The number of halogens is 1. The van der Waals surface area contributed by atoms with Gasteiger partial charge in [-0.25, -0.2) is 0 Å². The zero-order chi connectivity index (χ0) is 11.0. The van der Waals surface area contributed by atoms with E-state index < -0.39 is 0 Å². The topological polar surface area (TPSA) is 40.7 Å². The number of rotatable bonds is 2. The highest BCUT2D eigenvalue weighted by molar-refractivity contribution is 6.35. The lowest BCUT2D eigenvalue weighted by Crippen LogP contribution is -2.11. The summed E-state index contributed by atoms with van der Waals surface area (Å²) in [6.07, 6.45) is 2.31. The number of hydrogen-bond donors (Lipinski definition) is 2. The lowest BCUT2D eigenvalue weighted by Gasteiger charge is -2.05. The predicted molar refractivity (Wildman–Crippen MR) is 65.8 cm³/mol.